The average molecular weight is 382 g/mol. The highest BCUT2D eigenvalue weighted by Gasteiger charge is 2.40. The molecular weight excluding hydrogens is 363 g/mol. The minimum atomic E-state index is -0.910. The van der Waals surface area contributed by atoms with Crippen LogP contribution < -0.4 is 4.74 Å². The Kier molecular flexibility index (Phi) is 4.22. The van der Waals surface area contributed by atoms with Crippen LogP contribution in [0.5, 0.6) is 5.75 Å². The van der Waals surface area contributed by atoms with Gasteiger partial charge in [0.25, 0.3) is 0 Å². The maximum atomic E-state index is 13.3. The minimum Gasteiger partial charge on any atom is -0.482 e. The Labute approximate surface area is 161 Å². The van der Waals surface area contributed by atoms with Crippen LogP contribution in [-0.4, -0.2) is 18.4 Å². The van der Waals surface area contributed by atoms with Crippen molar-refractivity contribution in [3.63, 3.8) is 0 Å². The minimum absolute atomic E-state index is 0.0874. The number of carbonyl (C=O) groups is 2. The van der Waals surface area contributed by atoms with E-state index in [1.165, 1.54) is 12.1 Å². The number of ketones is 1. The lowest BCUT2D eigenvalue weighted by Crippen LogP contribution is -2.36. The lowest BCUT2D eigenvalue weighted by molar-refractivity contribution is 0.0487. The summed E-state index contributed by atoms with van der Waals surface area (Å²) in [5.74, 6) is -0.542. The van der Waals surface area contributed by atoms with Crippen molar-refractivity contribution in [3.8, 4) is 5.75 Å². The Balaban J connectivity index is 1.83. The summed E-state index contributed by atoms with van der Waals surface area (Å²) in [6.45, 7) is 5.47. The number of aryl methyl sites for hydroxylation is 1. The van der Waals surface area contributed by atoms with Crippen LogP contribution in [0.25, 0.3) is 11.0 Å². The molecule has 1 aliphatic heterocycles. The summed E-state index contributed by atoms with van der Waals surface area (Å²) in [6.07, 6.45) is 0.0874. The maximum Gasteiger partial charge on any atom is 0.374 e. The fourth-order valence-electron chi connectivity index (χ4n) is 3.71. The second-order valence-corrected chi connectivity index (χ2v) is 7.03. The van der Waals surface area contributed by atoms with E-state index in [1.807, 2.05) is 0 Å². The van der Waals surface area contributed by atoms with Gasteiger partial charge in [0, 0.05) is 10.9 Å². The molecule has 0 bridgehead atoms. The Morgan fingerprint density at radius 1 is 1.21 bits per heavy atom. The Morgan fingerprint density at radius 2 is 1.93 bits per heavy atom. The van der Waals surface area contributed by atoms with Gasteiger partial charge in [-0.05, 0) is 50.6 Å². The molecule has 5 nitrogen and oxygen atoms in total. The zero-order valence-electron chi connectivity index (χ0n) is 15.8. The van der Waals surface area contributed by atoms with Gasteiger partial charge in [-0.3, -0.25) is 4.79 Å². The van der Waals surface area contributed by atoms with E-state index in [9.17, 15) is 14.0 Å². The molecule has 6 heteroatoms. The van der Waals surface area contributed by atoms with Crippen LogP contribution in [0, 0.1) is 12.7 Å². The smallest absolute Gasteiger partial charge is 0.374 e. The normalized spacial score (nSPS) is 18.6. The van der Waals surface area contributed by atoms with Gasteiger partial charge in [-0.15, -0.1) is 0 Å². The van der Waals surface area contributed by atoms with E-state index in [2.05, 4.69) is 0 Å². The second-order valence-electron chi connectivity index (χ2n) is 7.03. The van der Waals surface area contributed by atoms with Crippen LogP contribution in [0.2, 0.25) is 0 Å². The van der Waals surface area contributed by atoms with Gasteiger partial charge in [0.05, 0.1) is 18.6 Å². The van der Waals surface area contributed by atoms with E-state index in [4.69, 9.17) is 13.9 Å². The van der Waals surface area contributed by atoms with Crippen molar-refractivity contribution in [2.75, 3.05) is 6.61 Å². The third-order valence-electron chi connectivity index (χ3n) is 5.08. The Hall–Kier alpha value is -3.15. The highest BCUT2D eigenvalue weighted by Crippen LogP contribution is 2.44. The van der Waals surface area contributed by atoms with Crippen LogP contribution in [0.1, 0.15) is 52.3 Å². The van der Waals surface area contributed by atoms with Crippen molar-refractivity contribution in [1.82, 2.24) is 0 Å². The molecule has 0 N–H and O–H groups in total. The number of carbonyl (C=O) groups excluding carboxylic acids is 2. The molecular formula is C22H19FO5. The predicted molar refractivity (Wildman–Crippen MR) is 100 cm³/mol. The largest absolute Gasteiger partial charge is 0.482 e. The molecule has 0 radical (unpaired) electrons. The molecule has 0 aliphatic carbocycles. The van der Waals surface area contributed by atoms with Gasteiger partial charge >= 0.3 is 5.97 Å². The van der Waals surface area contributed by atoms with Gasteiger partial charge in [-0.1, -0.05) is 12.1 Å². The number of esters is 1. The summed E-state index contributed by atoms with van der Waals surface area (Å²) in [4.78, 5) is 25.2. The topological polar surface area (TPSA) is 65.7 Å². The molecule has 2 aromatic carbocycles. The molecule has 0 saturated carbocycles. The average Bonchev–Trinajstić information content (AvgIpc) is 2.99. The number of ether oxygens (including phenoxy) is 2. The number of hydrogen-bond acceptors (Lipinski definition) is 5. The molecule has 0 spiro atoms. The predicted octanol–water partition coefficient (Wildman–Crippen LogP) is 4.94. The molecule has 1 aliphatic rings. The molecule has 3 aromatic rings. The molecule has 0 amide bonds. The lowest BCUT2D eigenvalue weighted by atomic mass is 9.84. The van der Waals surface area contributed by atoms with Gasteiger partial charge in [0.2, 0.25) is 5.76 Å². The van der Waals surface area contributed by atoms with Crippen molar-refractivity contribution in [1.29, 1.82) is 0 Å². The first-order valence-electron chi connectivity index (χ1n) is 9.05. The van der Waals surface area contributed by atoms with Crippen molar-refractivity contribution in [3.05, 3.63) is 64.7 Å². The molecule has 144 valence electrons. The molecule has 4 rings (SSSR count). The van der Waals surface area contributed by atoms with E-state index < -0.39 is 11.6 Å². The first-order valence-corrected chi connectivity index (χ1v) is 9.05. The summed E-state index contributed by atoms with van der Waals surface area (Å²) in [5, 5.41) is 0.562. The van der Waals surface area contributed by atoms with Crippen LogP contribution >= 0.6 is 0 Å². The quantitative estimate of drug-likeness (QED) is 0.601. The van der Waals surface area contributed by atoms with E-state index in [1.54, 1.807) is 45.0 Å². The molecule has 0 saturated heterocycles. The summed E-state index contributed by atoms with van der Waals surface area (Å²) in [5.41, 5.74) is 1.18. The molecule has 28 heavy (non-hydrogen) atoms. The summed E-state index contributed by atoms with van der Waals surface area (Å²) in [7, 11) is 0. The fourth-order valence-corrected chi connectivity index (χ4v) is 3.71. The number of fused-ring (bicyclic) bond motifs is 3. The first kappa shape index (κ1) is 18.2. The van der Waals surface area contributed by atoms with E-state index in [-0.39, 0.29) is 30.4 Å². The van der Waals surface area contributed by atoms with Crippen LogP contribution in [0.4, 0.5) is 4.39 Å². The van der Waals surface area contributed by atoms with E-state index in [0.717, 1.165) is 0 Å². The van der Waals surface area contributed by atoms with Gasteiger partial charge in [0.1, 0.15) is 22.8 Å². The third-order valence-corrected chi connectivity index (χ3v) is 5.08. The Bertz CT molecular complexity index is 1100. The van der Waals surface area contributed by atoms with Crippen molar-refractivity contribution in [2.24, 2.45) is 0 Å². The third kappa shape index (κ3) is 2.76. The highest BCUT2D eigenvalue weighted by molar-refractivity contribution is 6.13. The van der Waals surface area contributed by atoms with Crippen molar-refractivity contribution in [2.45, 2.75) is 32.8 Å². The maximum absolute atomic E-state index is 13.3. The Morgan fingerprint density at radius 3 is 2.61 bits per heavy atom. The monoisotopic (exact) mass is 382 g/mol. The van der Waals surface area contributed by atoms with Gasteiger partial charge < -0.3 is 13.9 Å². The van der Waals surface area contributed by atoms with Crippen molar-refractivity contribution >= 4 is 22.7 Å². The van der Waals surface area contributed by atoms with E-state index >= 15 is 0 Å². The molecule has 2 heterocycles. The number of halogens is 1. The van der Waals surface area contributed by atoms with Crippen LogP contribution in [-0.2, 0) is 10.3 Å². The fraction of sp³-hybridized carbons (Fsp3) is 0.273. The number of hydrogen-bond donors (Lipinski definition) is 0. The zero-order valence-corrected chi connectivity index (χ0v) is 15.8. The summed E-state index contributed by atoms with van der Waals surface area (Å²) >= 11 is 0. The standard InChI is InChI=1S/C22H19FO5/c1-4-26-21(25)20-12(2)18-16(27-20)9-10-17-19(18)15(24)11-22(3,28-17)13-5-7-14(23)8-6-13/h5-10H,4,11H2,1-3H3. The summed E-state index contributed by atoms with van der Waals surface area (Å²) < 4.78 is 30.2. The second kappa shape index (κ2) is 6.48. The van der Waals surface area contributed by atoms with E-state index in [0.29, 0.717) is 33.4 Å². The van der Waals surface area contributed by atoms with Crippen LogP contribution in [0.3, 0.4) is 0 Å². The number of rotatable bonds is 3. The molecule has 1 aromatic heterocycles. The SMILES string of the molecule is CCOC(=O)c1oc2ccc3c(c2c1C)C(=O)CC(C)(c1ccc(F)cc1)O3. The molecule has 1 unspecified atom stereocenters. The zero-order chi connectivity index (χ0) is 20.1. The number of furan rings is 1. The van der Waals surface area contributed by atoms with Gasteiger partial charge in [-0.2, -0.15) is 0 Å². The first-order chi connectivity index (χ1) is 13.3. The lowest BCUT2D eigenvalue weighted by Gasteiger charge is -2.35. The molecule has 1 atom stereocenters. The number of benzene rings is 2. The van der Waals surface area contributed by atoms with Crippen LogP contribution in [0.15, 0.2) is 40.8 Å². The number of Topliss-reactive ketones (excluding diaryl/α,β-unsaturated/α-hetero) is 1. The highest BCUT2D eigenvalue weighted by atomic mass is 19.1. The van der Waals surface area contributed by atoms with Gasteiger partial charge in [-0.25, -0.2) is 9.18 Å². The molecule has 0 fully saturated rings. The van der Waals surface area contributed by atoms with Gasteiger partial charge in [0.15, 0.2) is 5.78 Å². The summed E-state index contributed by atoms with van der Waals surface area (Å²) in [6, 6.07) is 9.27. The van der Waals surface area contributed by atoms with Crippen molar-refractivity contribution < 1.29 is 27.9 Å².